The molecule has 0 aliphatic rings. The van der Waals surface area contributed by atoms with Gasteiger partial charge >= 0.3 is 12.0 Å². The molecule has 6 nitrogen and oxygen atoms in total. The van der Waals surface area contributed by atoms with Crippen LogP contribution in [0.2, 0.25) is 10.0 Å². The van der Waals surface area contributed by atoms with Crippen LogP contribution < -0.4 is 10.1 Å². The molecule has 2 amide bonds. The maximum atomic E-state index is 12.3. The Labute approximate surface area is 168 Å². The standard InChI is InChI=1S/C19H20Cl2N2O4/c1-23(11-13-4-6-15(20)16(21)9-13)19(25)22-10-12-5-7-17(26-2)14(8-12)18(24)27-3/h4-9H,10-11H2,1-3H3,(H,22,25). The van der Waals surface area contributed by atoms with Gasteiger partial charge in [-0.15, -0.1) is 0 Å². The number of hydrogen-bond donors (Lipinski definition) is 1. The van der Waals surface area contributed by atoms with E-state index in [0.717, 1.165) is 11.1 Å². The lowest BCUT2D eigenvalue weighted by molar-refractivity contribution is 0.0597. The van der Waals surface area contributed by atoms with Crippen LogP contribution in [0.5, 0.6) is 5.75 Å². The maximum Gasteiger partial charge on any atom is 0.341 e. The van der Waals surface area contributed by atoms with Gasteiger partial charge in [0.2, 0.25) is 0 Å². The highest BCUT2D eigenvalue weighted by molar-refractivity contribution is 6.42. The third-order valence-corrected chi connectivity index (χ3v) is 4.60. The fraction of sp³-hybridized carbons (Fsp3) is 0.263. The number of benzene rings is 2. The number of amides is 2. The van der Waals surface area contributed by atoms with Crippen molar-refractivity contribution in [2.45, 2.75) is 13.1 Å². The smallest absolute Gasteiger partial charge is 0.341 e. The largest absolute Gasteiger partial charge is 0.496 e. The molecule has 0 unspecified atom stereocenters. The van der Waals surface area contributed by atoms with Crippen LogP contribution >= 0.6 is 23.2 Å². The molecule has 1 N–H and O–H groups in total. The summed E-state index contributed by atoms with van der Waals surface area (Å²) in [5.41, 5.74) is 1.91. The van der Waals surface area contributed by atoms with Crippen LogP contribution in [0.25, 0.3) is 0 Å². The number of nitrogens with zero attached hydrogens (tertiary/aromatic N) is 1. The van der Waals surface area contributed by atoms with Gasteiger partial charge in [-0.3, -0.25) is 0 Å². The van der Waals surface area contributed by atoms with E-state index in [9.17, 15) is 9.59 Å². The molecule has 0 saturated carbocycles. The molecule has 0 aromatic heterocycles. The zero-order valence-electron chi connectivity index (χ0n) is 15.2. The molecule has 0 spiro atoms. The molecule has 8 heteroatoms. The molecule has 0 aliphatic heterocycles. The first kappa shape index (κ1) is 20.9. The number of carbonyl (C=O) groups excluding carboxylic acids is 2. The minimum atomic E-state index is -0.503. The van der Waals surface area contributed by atoms with E-state index >= 15 is 0 Å². The molecule has 144 valence electrons. The number of rotatable bonds is 6. The number of urea groups is 1. The van der Waals surface area contributed by atoms with Crippen molar-refractivity contribution in [1.82, 2.24) is 10.2 Å². The first-order valence-corrected chi connectivity index (χ1v) is 8.79. The van der Waals surface area contributed by atoms with Crippen molar-refractivity contribution in [2.24, 2.45) is 0 Å². The summed E-state index contributed by atoms with van der Waals surface area (Å²) in [4.78, 5) is 25.7. The van der Waals surface area contributed by atoms with Gasteiger partial charge in [0.05, 0.1) is 24.3 Å². The number of nitrogens with one attached hydrogen (secondary N) is 1. The van der Waals surface area contributed by atoms with Crippen molar-refractivity contribution in [1.29, 1.82) is 0 Å². The molecule has 0 aliphatic carbocycles. The predicted octanol–water partition coefficient (Wildman–Crippen LogP) is 4.13. The number of halogens is 2. The van der Waals surface area contributed by atoms with E-state index in [-0.39, 0.29) is 12.6 Å². The second-order valence-electron chi connectivity index (χ2n) is 5.79. The summed E-state index contributed by atoms with van der Waals surface area (Å²) in [6.07, 6.45) is 0. The molecule has 0 saturated heterocycles. The summed E-state index contributed by atoms with van der Waals surface area (Å²) in [5, 5.41) is 3.71. The third-order valence-electron chi connectivity index (χ3n) is 3.86. The van der Waals surface area contributed by atoms with Gasteiger partial charge in [-0.25, -0.2) is 9.59 Å². The molecule has 0 atom stereocenters. The Bertz CT molecular complexity index is 842. The van der Waals surface area contributed by atoms with Gasteiger partial charge in [0, 0.05) is 20.1 Å². The zero-order chi connectivity index (χ0) is 20.0. The summed E-state index contributed by atoms with van der Waals surface area (Å²) >= 11 is 11.9. The molecule has 0 bridgehead atoms. The molecule has 2 rings (SSSR count). The Morgan fingerprint density at radius 3 is 2.37 bits per heavy atom. The molecular formula is C19H20Cl2N2O4. The van der Waals surface area contributed by atoms with E-state index in [1.807, 2.05) is 6.07 Å². The Kier molecular flexibility index (Phi) is 7.33. The quantitative estimate of drug-likeness (QED) is 0.726. The number of esters is 1. The highest BCUT2D eigenvalue weighted by Crippen LogP contribution is 2.23. The van der Waals surface area contributed by atoms with E-state index < -0.39 is 5.97 Å². The summed E-state index contributed by atoms with van der Waals surface area (Å²) < 4.78 is 9.90. The predicted molar refractivity (Wildman–Crippen MR) is 104 cm³/mol. The van der Waals surface area contributed by atoms with Gasteiger partial charge in [-0.1, -0.05) is 35.3 Å². The van der Waals surface area contributed by atoms with Crippen molar-refractivity contribution in [3.05, 3.63) is 63.1 Å². The molecule has 0 heterocycles. The van der Waals surface area contributed by atoms with Crippen LogP contribution in [-0.2, 0) is 17.8 Å². The van der Waals surface area contributed by atoms with Crippen LogP contribution in [-0.4, -0.2) is 38.2 Å². The second-order valence-corrected chi connectivity index (χ2v) is 6.60. The van der Waals surface area contributed by atoms with E-state index in [1.165, 1.54) is 19.1 Å². The molecule has 2 aromatic carbocycles. The number of methoxy groups -OCH3 is 2. The van der Waals surface area contributed by atoms with Gasteiger partial charge in [0.15, 0.2) is 0 Å². The fourth-order valence-electron chi connectivity index (χ4n) is 2.43. The molecular weight excluding hydrogens is 391 g/mol. The minimum Gasteiger partial charge on any atom is -0.496 e. The Morgan fingerprint density at radius 2 is 1.74 bits per heavy atom. The Morgan fingerprint density at radius 1 is 1.04 bits per heavy atom. The zero-order valence-corrected chi connectivity index (χ0v) is 16.7. The fourth-order valence-corrected chi connectivity index (χ4v) is 2.75. The van der Waals surface area contributed by atoms with E-state index in [1.54, 1.807) is 37.4 Å². The van der Waals surface area contributed by atoms with Gasteiger partial charge in [0.1, 0.15) is 11.3 Å². The van der Waals surface area contributed by atoms with Crippen molar-refractivity contribution in [3.63, 3.8) is 0 Å². The minimum absolute atomic E-state index is 0.249. The highest BCUT2D eigenvalue weighted by atomic mass is 35.5. The van der Waals surface area contributed by atoms with Gasteiger partial charge in [-0.05, 0) is 35.4 Å². The van der Waals surface area contributed by atoms with Crippen LogP contribution in [0.1, 0.15) is 21.5 Å². The molecule has 27 heavy (non-hydrogen) atoms. The lowest BCUT2D eigenvalue weighted by atomic mass is 10.1. The van der Waals surface area contributed by atoms with E-state index in [0.29, 0.717) is 27.9 Å². The lowest BCUT2D eigenvalue weighted by Crippen LogP contribution is -2.36. The molecule has 0 fully saturated rings. The first-order chi connectivity index (χ1) is 12.8. The molecule has 0 radical (unpaired) electrons. The number of carbonyl (C=O) groups is 2. The van der Waals surface area contributed by atoms with Crippen molar-refractivity contribution in [2.75, 3.05) is 21.3 Å². The number of ether oxygens (including phenoxy) is 2. The van der Waals surface area contributed by atoms with Crippen LogP contribution in [0.15, 0.2) is 36.4 Å². The summed E-state index contributed by atoms with van der Waals surface area (Å²) in [5.74, 6) is -0.0922. The second kappa shape index (κ2) is 9.48. The Hall–Kier alpha value is -2.44. The average Bonchev–Trinajstić information content (AvgIpc) is 2.67. The Balaban J connectivity index is 1.99. The first-order valence-electron chi connectivity index (χ1n) is 8.03. The van der Waals surface area contributed by atoms with Crippen molar-refractivity contribution >= 4 is 35.2 Å². The van der Waals surface area contributed by atoms with E-state index in [4.69, 9.17) is 32.7 Å². The van der Waals surface area contributed by atoms with Crippen LogP contribution in [0.3, 0.4) is 0 Å². The highest BCUT2D eigenvalue weighted by Gasteiger charge is 2.15. The van der Waals surface area contributed by atoms with Crippen LogP contribution in [0.4, 0.5) is 4.79 Å². The summed E-state index contributed by atoms with van der Waals surface area (Å²) in [6, 6.07) is 10.0. The third kappa shape index (κ3) is 5.52. The van der Waals surface area contributed by atoms with Crippen LogP contribution in [0, 0.1) is 0 Å². The topological polar surface area (TPSA) is 67.9 Å². The average molecular weight is 411 g/mol. The SMILES string of the molecule is COC(=O)c1cc(CNC(=O)N(C)Cc2ccc(Cl)c(Cl)c2)ccc1OC. The van der Waals surface area contributed by atoms with E-state index in [2.05, 4.69) is 5.32 Å². The van der Waals surface area contributed by atoms with Gasteiger partial charge < -0.3 is 19.7 Å². The molecule has 2 aromatic rings. The monoisotopic (exact) mass is 410 g/mol. The lowest BCUT2D eigenvalue weighted by Gasteiger charge is -2.18. The maximum absolute atomic E-state index is 12.3. The summed E-state index contributed by atoms with van der Waals surface area (Å²) in [6.45, 7) is 0.622. The van der Waals surface area contributed by atoms with Crippen molar-refractivity contribution in [3.8, 4) is 5.75 Å². The normalized spacial score (nSPS) is 10.3. The van der Waals surface area contributed by atoms with Crippen molar-refractivity contribution < 1.29 is 19.1 Å². The van der Waals surface area contributed by atoms with Gasteiger partial charge in [-0.2, -0.15) is 0 Å². The number of hydrogen-bond acceptors (Lipinski definition) is 4. The summed E-state index contributed by atoms with van der Waals surface area (Å²) in [7, 11) is 4.45. The van der Waals surface area contributed by atoms with Gasteiger partial charge in [0.25, 0.3) is 0 Å².